The molecule has 0 fully saturated rings. The Balaban J connectivity index is 1.99. The minimum absolute atomic E-state index is 0.0505. The van der Waals surface area contributed by atoms with Crippen LogP contribution in [0.15, 0.2) is 60.7 Å². The van der Waals surface area contributed by atoms with Crippen molar-refractivity contribution in [2.75, 3.05) is 6.61 Å². The van der Waals surface area contributed by atoms with Crippen LogP contribution in [0.5, 0.6) is 0 Å². The summed E-state index contributed by atoms with van der Waals surface area (Å²) in [6, 6.07) is 18.4. The van der Waals surface area contributed by atoms with Crippen molar-refractivity contribution < 1.29 is 19.1 Å². The lowest BCUT2D eigenvalue weighted by Gasteiger charge is -2.35. The number of esters is 1. The highest BCUT2D eigenvalue weighted by molar-refractivity contribution is 5.82. The average molecular weight is 411 g/mol. The van der Waals surface area contributed by atoms with Crippen molar-refractivity contribution in [2.45, 2.75) is 52.2 Å². The molecule has 2 rings (SSSR count). The molecule has 0 saturated carbocycles. The van der Waals surface area contributed by atoms with Gasteiger partial charge in [-0.1, -0.05) is 60.7 Å². The molecule has 0 aliphatic rings. The molecule has 0 bridgehead atoms. The summed E-state index contributed by atoms with van der Waals surface area (Å²) in [5, 5.41) is 2.76. The number of hydrogen-bond donors (Lipinski definition) is 1. The van der Waals surface area contributed by atoms with E-state index in [1.807, 2.05) is 81.4 Å². The van der Waals surface area contributed by atoms with Crippen LogP contribution < -0.4 is 5.32 Å². The van der Waals surface area contributed by atoms with E-state index >= 15 is 0 Å². The molecular weight excluding hydrogens is 380 g/mol. The molecule has 6 nitrogen and oxygen atoms in total. The van der Waals surface area contributed by atoms with E-state index in [2.05, 4.69) is 5.32 Å². The van der Waals surface area contributed by atoms with Crippen LogP contribution in [0.3, 0.4) is 0 Å². The summed E-state index contributed by atoms with van der Waals surface area (Å²) >= 11 is 0. The smallest absolute Gasteiger partial charge is 0.308 e. The zero-order chi connectivity index (χ0) is 22.1. The van der Waals surface area contributed by atoms with Gasteiger partial charge in [-0.05, 0) is 31.9 Å². The van der Waals surface area contributed by atoms with E-state index < -0.39 is 17.6 Å². The molecule has 0 spiro atoms. The molecule has 0 radical (unpaired) electrons. The van der Waals surface area contributed by atoms with E-state index in [4.69, 9.17) is 4.74 Å². The third-order valence-corrected chi connectivity index (χ3v) is 4.60. The molecule has 1 atom stereocenters. The number of rotatable bonds is 8. The number of ether oxygens (including phenoxy) is 1. The van der Waals surface area contributed by atoms with Crippen LogP contribution in [0.25, 0.3) is 0 Å². The maximum absolute atomic E-state index is 12.8. The minimum atomic E-state index is -0.542. The van der Waals surface area contributed by atoms with Gasteiger partial charge in [0.25, 0.3) is 5.91 Å². The number of nitrogens with zero attached hydrogens (tertiary/aromatic N) is 1. The summed E-state index contributed by atoms with van der Waals surface area (Å²) < 4.78 is 5.27. The third kappa shape index (κ3) is 7.35. The van der Waals surface area contributed by atoms with Gasteiger partial charge in [-0.15, -0.1) is 0 Å². The fraction of sp³-hybridized carbons (Fsp3) is 0.375. The Kier molecular flexibility index (Phi) is 8.16. The second-order valence-corrected chi connectivity index (χ2v) is 8.16. The van der Waals surface area contributed by atoms with Crippen molar-refractivity contribution in [3.8, 4) is 0 Å². The number of hydrogen-bond acceptors (Lipinski definition) is 4. The molecule has 0 aromatic heterocycles. The molecule has 1 unspecified atom stereocenters. The lowest BCUT2D eigenvalue weighted by atomic mass is 10.0. The van der Waals surface area contributed by atoms with Crippen molar-refractivity contribution in [3.63, 3.8) is 0 Å². The largest absolute Gasteiger partial charge is 0.455 e. The van der Waals surface area contributed by atoms with Gasteiger partial charge in [-0.3, -0.25) is 14.4 Å². The lowest BCUT2D eigenvalue weighted by Crippen LogP contribution is -2.47. The van der Waals surface area contributed by atoms with Crippen LogP contribution in [-0.4, -0.2) is 34.8 Å². The molecule has 0 heterocycles. The number of benzene rings is 2. The second kappa shape index (κ2) is 10.6. The van der Waals surface area contributed by atoms with Crippen LogP contribution in [0.2, 0.25) is 0 Å². The lowest BCUT2D eigenvalue weighted by molar-refractivity contribution is -0.155. The molecule has 30 heavy (non-hydrogen) atoms. The number of carbonyl (C=O) groups is 3. The molecular formula is C24H30N2O4. The van der Waals surface area contributed by atoms with Crippen LogP contribution in [0, 0.1) is 0 Å². The summed E-state index contributed by atoms with van der Waals surface area (Å²) in [4.78, 5) is 38.4. The number of nitrogens with one attached hydrogen (secondary N) is 1. The van der Waals surface area contributed by atoms with Gasteiger partial charge in [0.2, 0.25) is 5.91 Å². The van der Waals surface area contributed by atoms with Crippen molar-refractivity contribution in [1.29, 1.82) is 0 Å². The number of amides is 2. The van der Waals surface area contributed by atoms with Crippen LogP contribution in [0.4, 0.5) is 0 Å². The standard InChI is InChI=1S/C24H30N2O4/c1-18(27)25-21(20-13-9-6-10-14-20)15-23(29)30-17-22(28)26(24(2,3)4)16-19-11-7-5-8-12-19/h5-14,21H,15-17H2,1-4H3,(H,25,27). The molecule has 2 aromatic rings. The van der Waals surface area contributed by atoms with Gasteiger partial charge in [0, 0.05) is 19.0 Å². The van der Waals surface area contributed by atoms with Crippen molar-refractivity contribution >= 4 is 17.8 Å². The van der Waals surface area contributed by atoms with Crippen LogP contribution in [-0.2, 0) is 25.7 Å². The van der Waals surface area contributed by atoms with E-state index in [9.17, 15) is 14.4 Å². The molecule has 0 saturated heterocycles. The van der Waals surface area contributed by atoms with Crippen molar-refractivity contribution in [2.24, 2.45) is 0 Å². The zero-order valence-corrected chi connectivity index (χ0v) is 18.1. The van der Waals surface area contributed by atoms with E-state index in [-0.39, 0.29) is 24.8 Å². The molecule has 2 amide bonds. The Labute approximate surface area is 178 Å². The Morgan fingerprint density at radius 1 is 0.967 bits per heavy atom. The second-order valence-electron chi connectivity index (χ2n) is 8.16. The van der Waals surface area contributed by atoms with Crippen LogP contribution in [0.1, 0.15) is 51.3 Å². The summed E-state index contributed by atoms with van der Waals surface area (Å²) in [6.07, 6.45) is -0.0505. The van der Waals surface area contributed by atoms with E-state index in [1.54, 1.807) is 4.90 Å². The minimum Gasteiger partial charge on any atom is -0.455 e. The predicted octanol–water partition coefficient (Wildman–Crippen LogP) is 3.62. The Bertz CT molecular complexity index is 845. The first kappa shape index (κ1) is 23.1. The molecule has 0 aliphatic heterocycles. The van der Waals surface area contributed by atoms with Crippen LogP contribution >= 0.6 is 0 Å². The van der Waals surface area contributed by atoms with Crippen molar-refractivity contribution in [3.05, 3.63) is 71.8 Å². The zero-order valence-electron chi connectivity index (χ0n) is 18.1. The molecule has 160 valence electrons. The van der Waals surface area contributed by atoms with Gasteiger partial charge in [0.05, 0.1) is 12.5 Å². The van der Waals surface area contributed by atoms with Gasteiger partial charge in [0.15, 0.2) is 6.61 Å². The first-order valence-corrected chi connectivity index (χ1v) is 9.99. The SMILES string of the molecule is CC(=O)NC(CC(=O)OCC(=O)N(Cc1ccccc1)C(C)(C)C)c1ccccc1. The van der Waals surface area contributed by atoms with Gasteiger partial charge in [-0.25, -0.2) is 0 Å². The molecule has 0 aliphatic carbocycles. The third-order valence-electron chi connectivity index (χ3n) is 4.60. The molecule has 2 aromatic carbocycles. The topological polar surface area (TPSA) is 75.7 Å². The highest BCUT2D eigenvalue weighted by Crippen LogP contribution is 2.19. The highest BCUT2D eigenvalue weighted by Gasteiger charge is 2.27. The van der Waals surface area contributed by atoms with Gasteiger partial charge >= 0.3 is 5.97 Å². The average Bonchev–Trinajstić information content (AvgIpc) is 2.70. The van der Waals surface area contributed by atoms with E-state index in [0.29, 0.717) is 6.54 Å². The normalized spacial score (nSPS) is 12.0. The predicted molar refractivity (Wildman–Crippen MR) is 115 cm³/mol. The number of carbonyl (C=O) groups excluding carboxylic acids is 3. The first-order chi connectivity index (χ1) is 14.2. The first-order valence-electron chi connectivity index (χ1n) is 9.99. The quantitative estimate of drug-likeness (QED) is 0.675. The fourth-order valence-corrected chi connectivity index (χ4v) is 3.09. The fourth-order valence-electron chi connectivity index (χ4n) is 3.09. The summed E-state index contributed by atoms with van der Waals surface area (Å²) in [5.41, 5.74) is 1.38. The van der Waals surface area contributed by atoms with Gasteiger partial charge < -0.3 is 15.0 Å². The van der Waals surface area contributed by atoms with E-state index in [0.717, 1.165) is 11.1 Å². The maximum Gasteiger partial charge on any atom is 0.308 e. The van der Waals surface area contributed by atoms with Gasteiger partial charge in [0.1, 0.15) is 0 Å². The molecule has 6 heteroatoms. The summed E-state index contributed by atoms with van der Waals surface area (Å²) in [5.74, 6) is -1.05. The highest BCUT2D eigenvalue weighted by atomic mass is 16.5. The summed E-state index contributed by atoms with van der Waals surface area (Å²) in [6.45, 7) is 7.31. The summed E-state index contributed by atoms with van der Waals surface area (Å²) in [7, 11) is 0. The van der Waals surface area contributed by atoms with Crippen molar-refractivity contribution in [1.82, 2.24) is 10.2 Å². The van der Waals surface area contributed by atoms with Gasteiger partial charge in [-0.2, -0.15) is 0 Å². The van der Waals surface area contributed by atoms with E-state index in [1.165, 1.54) is 6.92 Å². The Morgan fingerprint density at radius 2 is 1.53 bits per heavy atom. The Hall–Kier alpha value is -3.15. The Morgan fingerprint density at radius 3 is 2.07 bits per heavy atom. The molecule has 1 N–H and O–H groups in total. The monoisotopic (exact) mass is 410 g/mol. The maximum atomic E-state index is 12.8.